The molecule has 1 rings (SSSR count). The number of hydrogen-bond acceptors (Lipinski definition) is 3. The maximum Gasteiger partial charge on any atom is 0.330 e. The zero-order valence-electron chi connectivity index (χ0n) is 14.3. The van der Waals surface area contributed by atoms with Gasteiger partial charge >= 0.3 is 5.97 Å². The van der Waals surface area contributed by atoms with Crippen LogP contribution in [0.2, 0.25) is 4.34 Å². The van der Waals surface area contributed by atoms with Crippen LogP contribution >= 0.6 is 22.9 Å². The molecule has 0 aliphatic carbocycles. The third-order valence-corrected chi connectivity index (χ3v) is 4.71. The highest BCUT2D eigenvalue weighted by atomic mass is 35.5. The van der Waals surface area contributed by atoms with Gasteiger partial charge in [-0.25, -0.2) is 4.79 Å². The highest BCUT2D eigenvalue weighted by Gasteiger charge is 2.07. The zero-order valence-corrected chi connectivity index (χ0v) is 15.8. The highest BCUT2D eigenvalue weighted by Crippen LogP contribution is 2.32. The van der Waals surface area contributed by atoms with E-state index in [1.165, 1.54) is 16.5 Å². The molecular weight excluding hydrogens is 328 g/mol. The van der Waals surface area contributed by atoms with Crippen molar-refractivity contribution in [3.8, 4) is 0 Å². The lowest BCUT2D eigenvalue weighted by Crippen LogP contribution is -1.99. The predicted octanol–water partition coefficient (Wildman–Crippen LogP) is 6.04. The molecule has 0 spiro atoms. The Balaban J connectivity index is 2.72. The summed E-state index contributed by atoms with van der Waals surface area (Å²) < 4.78 is 5.72. The minimum absolute atomic E-state index is 0.310. The number of esters is 1. The third kappa shape index (κ3) is 6.59. The number of carbonyl (C=O) groups is 1. The monoisotopic (exact) mass is 350 g/mol. The van der Waals surface area contributed by atoms with Gasteiger partial charge < -0.3 is 4.74 Å². The quantitative estimate of drug-likeness (QED) is 0.355. The summed E-state index contributed by atoms with van der Waals surface area (Å²) in [6.07, 6.45) is 11.4. The summed E-state index contributed by atoms with van der Waals surface area (Å²) >= 11 is 7.76. The van der Waals surface area contributed by atoms with Crippen LogP contribution in [0.15, 0.2) is 41.5 Å². The van der Waals surface area contributed by atoms with Gasteiger partial charge in [0.1, 0.15) is 0 Å². The van der Waals surface area contributed by atoms with Crippen LogP contribution in [0.4, 0.5) is 0 Å². The second-order valence-corrected chi connectivity index (χ2v) is 7.04. The van der Waals surface area contributed by atoms with E-state index in [1.807, 2.05) is 39.0 Å². The number of hydrogen-bond donors (Lipinski definition) is 0. The Labute approximate surface area is 147 Å². The van der Waals surface area contributed by atoms with Gasteiger partial charge in [0, 0.05) is 11.0 Å². The fourth-order valence-corrected chi connectivity index (χ4v) is 3.23. The van der Waals surface area contributed by atoms with Crippen LogP contribution < -0.4 is 0 Å². The van der Waals surface area contributed by atoms with Crippen molar-refractivity contribution in [2.45, 2.75) is 34.6 Å². The van der Waals surface area contributed by atoms with E-state index in [-0.39, 0.29) is 5.97 Å². The number of carbonyl (C=O) groups excluding carboxylic acids is 1. The first kappa shape index (κ1) is 19.5. The third-order valence-electron chi connectivity index (χ3n) is 3.18. The van der Waals surface area contributed by atoms with E-state index in [4.69, 9.17) is 16.3 Å². The molecule has 0 fully saturated rings. The minimum Gasteiger partial charge on any atom is -0.463 e. The minimum atomic E-state index is -0.310. The van der Waals surface area contributed by atoms with Crippen LogP contribution in [0.25, 0.3) is 6.08 Å². The van der Waals surface area contributed by atoms with Crippen LogP contribution in [0, 0.1) is 13.8 Å². The standard InChI is InChI=1S/C19H23ClO2S/c1-6-22-18(21)12-14(3)9-7-8-13(2)10-11-17-15(4)19(20)23-16(17)5/h7-12H,6H2,1-5H3/b9-7+,11-10+,13-8+,14-12+. The van der Waals surface area contributed by atoms with Crippen LogP contribution in [-0.2, 0) is 9.53 Å². The first-order valence-corrected chi connectivity index (χ1v) is 8.68. The smallest absolute Gasteiger partial charge is 0.330 e. The van der Waals surface area contributed by atoms with Crippen molar-refractivity contribution in [2.24, 2.45) is 0 Å². The van der Waals surface area contributed by atoms with E-state index in [0.717, 1.165) is 21.0 Å². The van der Waals surface area contributed by atoms with Crippen LogP contribution in [0.5, 0.6) is 0 Å². The predicted molar refractivity (Wildman–Crippen MR) is 101 cm³/mol. The fraction of sp³-hybridized carbons (Fsp3) is 0.316. The van der Waals surface area contributed by atoms with E-state index < -0.39 is 0 Å². The Morgan fingerprint density at radius 2 is 1.91 bits per heavy atom. The number of halogens is 1. The van der Waals surface area contributed by atoms with Gasteiger partial charge in [-0.15, -0.1) is 11.3 Å². The van der Waals surface area contributed by atoms with E-state index in [0.29, 0.717) is 6.61 Å². The summed E-state index contributed by atoms with van der Waals surface area (Å²) in [5.74, 6) is -0.310. The number of aryl methyl sites for hydroxylation is 1. The van der Waals surface area contributed by atoms with Gasteiger partial charge in [0.2, 0.25) is 0 Å². The Morgan fingerprint density at radius 3 is 2.48 bits per heavy atom. The number of allylic oxidation sites excluding steroid dienone is 6. The molecule has 0 aliphatic heterocycles. The van der Waals surface area contributed by atoms with Crippen LogP contribution in [-0.4, -0.2) is 12.6 Å². The number of ether oxygens (including phenoxy) is 1. The Morgan fingerprint density at radius 1 is 1.22 bits per heavy atom. The van der Waals surface area contributed by atoms with Gasteiger partial charge in [-0.3, -0.25) is 0 Å². The van der Waals surface area contributed by atoms with E-state index in [1.54, 1.807) is 18.3 Å². The summed E-state index contributed by atoms with van der Waals surface area (Å²) in [6, 6.07) is 0. The fourth-order valence-electron chi connectivity index (χ4n) is 1.92. The maximum atomic E-state index is 11.3. The molecule has 124 valence electrons. The summed E-state index contributed by atoms with van der Waals surface area (Å²) in [6.45, 7) is 10.2. The van der Waals surface area contributed by atoms with Crippen LogP contribution in [0.3, 0.4) is 0 Å². The molecule has 0 aromatic carbocycles. The maximum absolute atomic E-state index is 11.3. The summed E-state index contributed by atoms with van der Waals surface area (Å²) in [7, 11) is 0. The van der Waals surface area contributed by atoms with E-state index >= 15 is 0 Å². The average Bonchev–Trinajstić information content (AvgIpc) is 2.70. The van der Waals surface area contributed by atoms with Gasteiger partial charge in [-0.05, 0) is 51.3 Å². The molecule has 4 heteroatoms. The average molecular weight is 351 g/mol. The van der Waals surface area contributed by atoms with Gasteiger partial charge in [-0.1, -0.05) is 47.6 Å². The molecule has 0 aliphatic rings. The molecule has 0 amide bonds. The van der Waals surface area contributed by atoms with E-state index in [9.17, 15) is 4.79 Å². The Kier molecular flexibility index (Phi) is 8.07. The Bertz CT molecular complexity index is 676. The molecule has 1 heterocycles. The second kappa shape index (κ2) is 9.53. The Hall–Kier alpha value is -1.58. The summed E-state index contributed by atoms with van der Waals surface area (Å²) in [4.78, 5) is 12.5. The summed E-state index contributed by atoms with van der Waals surface area (Å²) in [5.41, 5.74) is 4.29. The van der Waals surface area contributed by atoms with Crippen LogP contribution in [0.1, 0.15) is 36.8 Å². The van der Waals surface area contributed by atoms with Crippen molar-refractivity contribution in [1.29, 1.82) is 0 Å². The molecule has 0 unspecified atom stereocenters. The normalized spacial score (nSPS) is 13.3. The van der Waals surface area contributed by atoms with Crippen molar-refractivity contribution in [1.82, 2.24) is 0 Å². The molecule has 0 saturated heterocycles. The molecule has 1 aromatic heterocycles. The molecule has 0 radical (unpaired) electrons. The molecule has 2 nitrogen and oxygen atoms in total. The lowest BCUT2D eigenvalue weighted by Gasteiger charge is -1.96. The molecule has 23 heavy (non-hydrogen) atoms. The van der Waals surface area contributed by atoms with Crippen molar-refractivity contribution in [2.75, 3.05) is 6.61 Å². The molecule has 0 saturated carbocycles. The van der Waals surface area contributed by atoms with Crippen molar-refractivity contribution in [3.05, 3.63) is 61.9 Å². The van der Waals surface area contributed by atoms with Crippen molar-refractivity contribution < 1.29 is 9.53 Å². The lowest BCUT2D eigenvalue weighted by atomic mass is 10.1. The first-order chi connectivity index (χ1) is 10.8. The van der Waals surface area contributed by atoms with Gasteiger partial charge in [0.25, 0.3) is 0 Å². The van der Waals surface area contributed by atoms with E-state index in [2.05, 4.69) is 19.1 Å². The number of rotatable bonds is 6. The molecule has 0 N–H and O–H groups in total. The second-order valence-electron chi connectivity index (χ2n) is 5.21. The number of thiophene rings is 1. The van der Waals surface area contributed by atoms with Crippen molar-refractivity contribution in [3.63, 3.8) is 0 Å². The highest BCUT2D eigenvalue weighted by molar-refractivity contribution is 7.16. The van der Waals surface area contributed by atoms with Gasteiger partial charge in [-0.2, -0.15) is 0 Å². The topological polar surface area (TPSA) is 26.3 Å². The van der Waals surface area contributed by atoms with Gasteiger partial charge in [0.15, 0.2) is 0 Å². The molecule has 0 atom stereocenters. The first-order valence-electron chi connectivity index (χ1n) is 7.48. The molecule has 0 bridgehead atoms. The SMILES string of the molecule is CCOC(=O)/C=C(C)/C=C/C=C(C)/C=C/c1c(C)sc(Cl)c1C. The molecule has 1 aromatic rings. The lowest BCUT2D eigenvalue weighted by molar-refractivity contribution is -0.137. The van der Waals surface area contributed by atoms with Gasteiger partial charge in [0.05, 0.1) is 10.9 Å². The van der Waals surface area contributed by atoms with Crippen molar-refractivity contribution >= 4 is 35.0 Å². The summed E-state index contributed by atoms with van der Waals surface area (Å²) in [5, 5.41) is 0. The largest absolute Gasteiger partial charge is 0.463 e. The molecular formula is C19H23ClO2S. The zero-order chi connectivity index (χ0) is 17.4.